The maximum atomic E-state index is 11.9. The van der Waals surface area contributed by atoms with E-state index >= 15 is 0 Å². The first-order valence-corrected chi connectivity index (χ1v) is 6.38. The molecular formula is C14H17N3O3. The fraction of sp³-hybridized carbons (Fsp3) is 0.357. The first-order valence-electron chi connectivity index (χ1n) is 6.38. The van der Waals surface area contributed by atoms with E-state index in [2.05, 4.69) is 15.5 Å². The third kappa shape index (κ3) is 3.64. The van der Waals surface area contributed by atoms with E-state index < -0.39 is 0 Å². The maximum Gasteiger partial charge on any atom is 0.251 e. The lowest BCUT2D eigenvalue weighted by atomic mass is 10.1. The van der Waals surface area contributed by atoms with Gasteiger partial charge in [0, 0.05) is 38.3 Å². The quantitative estimate of drug-likeness (QED) is 0.813. The Kier molecular flexibility index (Phi) is 4.84. The van der Waals surface area contributed by atoms with Crippen molar-refractivity contribution in [2.24, 2.45) is 0 Å². The zero-order valence-electron chi connectivity index (χ0n) is 11.5. The first kappa shape index (κ1) is 14.2. The van der Waals surface area contributed by atoms with Crippen molar-refractivity contribution in [2.75, 3.05) is 20.3 Å². The molecule has 2 rings (SSSR count). The van der Waals surface area contributed by atoms with Gasteiger partial charge in [0.2, 0.25) is 11.8 Å². The molecular weight excluding hydrogens is 258 g/mol. The number of benzene rings is 1. The van der Waals surface area contributed by atoms with Crippen molar-refractivity contribution >= 4 is 5.91 Å². The van der Waals surface area contributed by atoms with Gasteiger partial charge in [-0.25, -0.2) is 0 Å². The number of ether oxygens (including phenoxy) is 1. The minimum absolute atomic E-state index is 0.102. The second kappa shape index (κ2) is 6.81. The summed E-state index contributed by atoms with van der Waals surface area (Å²) in [6.45, 7) is 2.96. The minimum Gasteiger partial charge on any atom is -0.421 e. The maximum absolute atomic E-state index is 11.9. The number of hydrogen-bond acceptors (Lipinski definition) is 5. The number of rotatable bonds is 6. The van der Waals surface area contributed by atoms with Crippen molar-refractivity contribution in [3.8, 4) is 11.5 Å². The van der Waals surface area contributed by atoms with E-state index in [1.807, 2.05) is 0 Å². The van der Waals surface area contributed by atoms with Crippen LogP contribution in [-0.2, 0) is 4.74 Å². The Labute approximate surface area is 117 Å². The van der Waals surface area contributed by atoms with Gasteiger partial charge in [-0.05, 0) is 30.7 Å². The molecule has 6 heteroatoms. The molecule has 6 nitrogen and oxygen atoms in total. The summed E-state index contributed by atoms with van der Waals surface area (Å²) in [6, 6.07) is 7.05. The predicted molar refractivity (Wildman–Crippen MR) is 73.3 cm³/mol. The van der Waals surface area contributed by atoms with E-state index in [9.17, 15) is 4.79 Å². The highest BCUT2D eigenvalue weighted by atomic mass is 16.5. The average molecular weight is 275 g/mol. The molecule has 2 aromatic rings. The second-order valence-corrected chi connectivity index (χ2v) is 4.31. The third-order valence-electron chi connectivity index (χ3n) is 2.73. The summed E-state index contributed by atoms with van der Waals surface area (Å²) in [5.41, 5.74) is 1.39. The summed E-state index contributed by atoms with van der Waals surface area (Å²) in [5, 5.41) is 10.5. The summed E-state index contributed by atoms with van der Waals surface area (Å²) in [5.74, 6) is 0.865. The Morgan fingerprint density at radius 1 is 1.30 bits per heavy atom. The molecule has 0 saturated heterocycles. The Morgan fingerprint density at radius 2 is 2.05 bits per heavy atom. The normalized spacial score (nSPS) is 10.5. The van der Waals surface area contributed by atoms with E-state index in [0.29, 0.717) is 30.5 Å². The van der Waals surface area contributed by atoms with Crippen molar-refractivity contribution in [3.05, 3.63) is 35.7 Å². The van der Waals surface area contributed by atoms with Crippen LogP contribution in [0.5, 0.6) is 0 Å². The van der Waals surface area contributed by atoms with E-state index in [-0.39, 0.29) is 5.91 Å². The Bertz CT molecular complexity index is 563. The second-order valence-electron chi connectivity index (χ2n) is 4.31. The van der Waals surface area contributed by atoms with Crippen LogP contribution >= 0.6 is 0 Å². The molecule has 1 aromatic heterocycles. The van der Waals surface area contributed by atoms with Crippen LogP contribution in [0.2, 0.25) is 0 Å². The van der Waals surface area contributed by atoms with Crippen molar-refractivity contribution in [3.63, 3.8) is 0 Å². The lowest BCUT2D eigenvalue weighted by molar-refractivity contribution is 0.0948. The number of nitrogens with zero attached hydrogens (tertiary/aromatic N) is 2. The summed E-state index contributed by atoms with van der Waals surface area (Å²) in [4.78, 5) is 11.9. The van der Waals surface area contributed by atoms with Crippen molar-refractivity contribution in [2.45, 2.75) is 13.3 Å². The van der Waals surface area contributed by atoms with Crippen LogP contribution in [0, 0.1) is 6.92 Å². The Balaban J connectivity index is 1.95. The highest BCUT2D eigenvalue weighted by molar-refractivity contribution is 5.94. The number of carbonyl (C=O) groups excluding carboxylic acids is 1. The molecule has 0 fully saturated rings. The van der Waals surface area contributed by atoms with Crippen molar-refractivity contribution in [1.29, 1.82) is 0 Å². The fourth-order valence-electron chi connectivity index (χ4n) is 1.70. The van der Waals surface area contributed by atoms with Crippen molar-refractivity contribution < 1.29 is 13.9 Å². The number of aromatic nitrogens is 2. The van der Waals surface area contributed by atoms with Crippen LogP contribution in [0.3, 0.4) is 0 Å². The van der Waals surface area contributed by atoms with Gasteiger partial charge in [-0.1, -0.05) is 0 Å². The van der Waals surface area contributed by atoms with Crippen LogP contribution < -0.4 is 5.32 Å². The van der Waals surface area contributed by atoms with Gasteiger partial charge in [0.1, 0.15) is 0 Å². The molecule has 0 spiro atoms. The summed E-state index contributed by atoms with van der Waals surface area (Å²) in [6.07, 6.45) is 0.793. The molecule has 0 atom stereocenters. The molecule has 1 amide bonds. The zero-order chi connectivity index (χ0) is 14.4. The smallest absolute Gasteiger partial charge is 0.251 e. The predicted octanol–water partition coefficient (Wildman–Crippen LogP) is 1.81. The molecule has 0 unspecified atom stereocenters. The standard InChI is InChI=1S/C14H17N3O3/c1-10-16-17-14(20-10)12-6-4-11(5-7-12)13(18)15-8-3-9-19-2/h4-7H,3,8-9H2,1-2H3,(H,15,18). The van der Waals surface area contributed by atoms with Crippen LogP contribution in [-0.4, -0.2) is 36.4 Å². The lowest BCUT2D eigenvalue weighted by Gasteiger charge is -2.05. The molecule has 106 valence electrons. The molecule has 1 heterocycles. The fourth-order valence-corrected chi connectivity index (χ4v) is 1.70. The molecule has 1 N–H and O–H groups in total. The van der Waals surface area contributed by atoms with E-state index in [4.69, 9.17) is 9.15 Å². The number of methoxy groups -OCH3 is 1. The molecule has 0 aliphatic heterocycles. The summed E-state index contributed by atoms with van der Waals surface area (Å²) in [7, 11) is 1.64. The number of aryl methyl sites for hydroxylation is 1. The van der Waals surface area contributed by atoms with Crippen LogP contribution in [0.25, 0.3) is 11.5 Å². The summed E-state index contributed by atoms with van der Waals surface area (Å²) >= 11 is 0. The van der Waals surface area contributed by atoms with Crippen LogP contribution in [0.15, 0.2) is 28.7 Å². The third-order valence-corrected chi connectivity index (χ3v) is 2.73. The van der Waals surface area contributed by atoms with Gasteiger partial charge in [0.25, 0.3) is 5.91 Å². The van der Waals surface area contributed by atoms with Gasteiger partial charge in [0.15, 0.2) is 0 Å². The monoisotopic (exact) mass is 275 g/mol. The number of amides is 1. The summed E-state index contributed by atoms with van der Waals surface area (Å²) < 4.78 is 10.2. The molecule has 0 aliphatic carbocycles. The molecule has 0 radical (unpaired) electrons. The molecule has 0 bridgehead atoms. The van der Waals surface area contributed by atoms with Gasteiger partial charge < -0.3 is 14.5 Å². The largest absolute Gasteiger partial charge is 0.421 e. The Morgan fingerprint density at radius 3 is 2.65 bits per heavy atom. The molecule has 0 saturated carbocycles. The number of hydrogen-bond donors (Lipinski definition) is 1. The lowest BCUT2D eigenvalue weighted by Crippen LogP contribution is -2.25. The minimum atomic E-state index is -0.102. The topological polar surface area (TPSA) is 77.2 Å². The van der Waals surface area contributed by atoms with E-state index in [1.165, 1.54) is 0 Å². The van der Waals surface area contributed by atoms with Gasteiger partial charge in [-0.15, -0.1) is 10.2 Å². The Hall–Kier alpha value is -2.21. The van der Waals surface area contributed by atoms with Crippen LogP contribution in [0.4, 0.5) is 0 Å². The van der Waals surface area contributed by atoms with Gasteiger partial charge in [-0.2, -0.15) is 0 Å². The number of carbonyl (C=O) groups is 1. The number of nitrogens with one attached hydrogen (secondary N) is 1. The molecule has 0 aliphatic rings. The molecule has 1 aromatic carbocycles. The van der Waals surface area contributed by atoms with E-state index in [0.717, 1.165) is 12.0 Å². The zero-order valence-corrected chi connectivity index (χ0v) is 11.5. The SMILES string of the molecule is COCCCNC(=O)c1ccc(-c2nnc(C)o2)cc1. The van der Waals surface area contributed by atoms with Crippen LogP contribution in [0.1, 0.15) is 22.7 Å². The van der Waals surface area contributed by atoms with Gasteiger partial charge in [-0.3, -0.25) is 4.79 Å². The van der Waals surface area contributed by atoms with Gasteiger partial charge in [0.05, 0.1) is 0 Å². The van der Waals surface area contributed by atoms with Crippen molar-refractivity contribution in [1.82, 2.24) is 15.5 Å². The first-order chi connectivity index (χ1) is 9.70. The average Bonchev–Trinajstić information content (AvgIpc) is 2.90. The van der Waals surface area contributed by atoms with Gasteiger partial charge >= 0.3 is 0 Å². The highest BCUT2D eigenvalue weighted by Gasteiger charge is 2.08. The molecule has 20 heavy (non-hydrogen) atoms. The van der Waals surface area contributed by atoms with E-state index in [1.54, 1.807) is 38.3 Å². The highest BCUT2D eigenvalue weighted by Crippen LogP contribution is 2.17.